The number of hydrogen-bond acceptors (Lipinski definition) is 1. The summed E-state index contributed by atoms with van der Waals surface area (Å²) < 4.78 is 2.36. The lowest BCUT2D eigenvalue weighted by Gasteiger charge is -2.14. The first-order valence-corrected chi connectivity index (χ1v) is 11.9. The number of nitrogens with zero attached hydrogens (tertiary/aromatic N) is 2. The highest BCUT2D eigenvalue weighted by Crippen LogP contribution is 2.36. The standard InChI is InChI=1S/C33H22N2/c1-3-11-23(12-4-1)26-19-27(24-13-5-2-6-14-24)21-28(20-26)35-31-18-10-8-16-29(31)33-32(35)22-25-15-7-9-17-30(25)34-33/h1-22H. The molecule has 0 atom stereocenters. The van der Waals surface area contributed by atoms with E-state index in [9.17, 15) is 0 Å². The van der Waals surface area contributed by atoms with Gasteiger partial charge in [-0.05, 0) is 58.7 Å². The number of pyridine rings is 1. The van der Waals surface area contributed by atoms with Crippen LogP contribution in [0.1, 0.15) is 0 Å². The van der Waals surface area contributed by atoms with Crippen molar-refractivity contribution in [3.8, 4) is 27.9 Å². The third kappa shape index (κ3) is 3.31. The Morgan fingerprint density at radius 1 is 0.457 bits per heavy atom. The normalized spacial score (nSPS) is 11.4. The zero-order valence-electron chi connectivity index (χ0n) is 19.1. The number of para-hydroxylation sites is 2. The van der Waals surface area contributed by atoms with Gasteiger partial charge in [-0.1, -0.05) is 97.1 Å². The molecule has 0 spiro atoms. The van der Waals surface area contributed by atoms with E-state index in [-0.39, 0.29) is 0 Å². The summed E-state index contributed by atoms with van der Waals surface area (Å²) in [4.78, 5) is 5.09. The molecule has 164 valence electrons. The highest BCUT2D eigenvalue weighted by Gasteiger charge is 2.16. The van der Waals surface area contributed by atoms with Gasteiger partial charge in [0.2, 0.25) is 0 Å². The number of rotatable bonds is 3. The summed E-state index contributed by atoms with van der Waals surface area (Å²) in [6.45, 7) is 0. The van der Waals surface area contributed by atoms with Crippen LogP contribution in [-0.2, 0) is 0 Å². The summed E-state index contributed by atoms with van der Waals surface area (Å²) in [5.74, 6) is 0. The Labute approximate surface area is 203 Å². The van der Waals surface area contributed by atoms with E-state index in [0.717, 1.165) is 33.1 Å². The molecular formula is C33H22N2. The van der Waals surface area contributed by atoms with Crippen molar-refractivity contribution in [3.63, 3.8) is 0 Å². The molecule has 0 radical (unpaired) electrons. The molecule has 0 fully saturated rings. The van der Waals surface area contributed by atoms with Gasteiger partial charge in [0.25, 0.3) is 0 Å². The van der Waals surface area contributed by atoms with Crippen LogP contribution in [0, 0.1) is 0 Å². The molecule has 35 heavy (non-hydrogen) atoms. The van der Waals surface area contributed by atoms with Crippen molar-refractivity contribution >= 4 is 32.8 Å². The fourth-order valence-electron chi connectivity index (χ4n) is 5.09. The summed E-state index contributed by atoms with van der Waals surface area (Å²) in [5.41, 5.74) is 10.3. The molecule has 0 saturated carbocycles. The Hall–Kier alpha value is -4.69. The quantitative estimate of drug-likeness (QED) is 0.265. The van der Waals surface area contributed by atoms with Crippen LogP contribution in [0.3, 0.4) is 0 Å². The van der Waals surface area contributed by atoms with Gasteiger partial charge in [-0.2, -0.15) is 0 Å². The van der Waals surface area contributed by atoms with Crippen LogP contribution in [0.25, 0.3) is 60.8 Å². The highest BCUT2D eigenvalue weighted by molar-refractivity contribution is 6.10. The zero-order valence-corrected chi connectivity index (χ0v) is 19.1. The molecule has 5 aromatic carbocycles. The van der Waals surface area contributed by atoms with Crippen LogP contribution in [0.15, 0.2) is 133 Å². The number of benzene rings is 5. The van der Waals surface area contributed by atoms with Gasteiger partial charge in [0, 0.05) is 16.5 Å². The molecule has 0 N–H and O–H groups in total. The van der Waals surface area contributed by atoms with E-state index >= 15 is 0 Å². The summed E-state index contributed by atoms with van der Waals surface area (Å²) in [7, 11) is 0. The molecule has 0 amide bonds. The minimum absolute atomic E-state index is 1.02. The first-order valence-electron chi connectivity index (χ1n) is 11.9. The molecule has 2 aromatic heterocycles. The molecule has 0 bridgehead atoms. The Bertz CT molecular complexity index is 1770. The molecule has 2 heteroatoms. The van der Waals surface area contributed by atoms with Gasteiger partial charge in [-0.15, -0.1) is 0 Å². The van der Waals surface area contributed by atoms with Crippen LogP contribution < -0.4 is 0 Å². The lowest BCUT2D eigenvalue weighted by Crippen LogP contribution is -1.96. The Balaban J connectivity index is 1.59. The van der Waals surface area contributed by atoms with Crippen molar-refractivity contribution < 1.29 is 0 Å². The molecule has 7 rings (SSSR count). The fourth-order valence-corrected chi connectivity index (χ4v) is 5.09. The fraction of sp³-hybridized carbons (Fsp3) is 0. The van der Waals surface area contributed by atoms with E-state index in [0.29, 0.717) is 0 Å². The predicted octanol–water partition coefficient (Wildman–Crippen LogP) is 8.67. The van der Waals surface area contributed by atoms with E-state index in [1.54, 1.807) is 0 Å². The van der Waals surface area contributed by atoms with Crippen molar-refractivity contribution in [3.05, 3.63) is 133 Å². The van der Waals surface area contributed by atoms with Crippen molar-refractivity contribution in [2.75, 3.05) is 0 Å². The van der Waals surface area contributed by atoms with Crippen molar-refractivity contribution in [2.24, 2.45) is 0 Å². The summed E-state index contributed by atoms with van der Waals surface area (Å²) in [5, 5.41) is 2.31. The number of aromatic nitrogens is 2. The summed E-state index contributed by atoms with van der Waals surface area (Å²) in [6, 6.07) is 47.3. The summed E-state index contributed by atoms with van der Waals surface area (Å²) in [6.07, 6.45) is 0. The molecule has 7 aromatic rings. The third-order valence-electron chi connectivity index (χ3n) is 6.74. The van der Waals surface area contributed by atoms with Crippen molar-refractivity contribution in [1.82, 2.24) is 9.55 Å². The minimum Gasteiger partial charge on any atom is -0.308 e. The number of fused-ring (bicyclic) bond motifs is 4. The van der Waals surface area contributed by atoms with Crippen molar-refractivity contribution in [1.29, 1.82) is 0 Å². The van der Waals surface area contributed by atoms with Gasteiger partial charge < -0.3 is 4.57 Å². The van der Waals surface area contributed by atoms with E-state index in [4.69, 9.17) is 4.98 Å². The van der Waals surface area contributed by atoms with Crippen LogP contribution >= 0.6 is 0 Å². The Kier molecular flexibility index (Phi) is 4.49. The monoisotopic (exact) mass is 446 g/mol. The van der Waals surface area contributed by atoms with E-state index in [1.807, 2.05) is 0 Å². The van der Waals surface area contributed by atoms with Crippen LogP contribution in [0.5, 0.6) is 0 Å². The van der Waals surface area contributed by atoms with Crippen LogP contribution in [0.2, 0.25) is 0 Å². The molecule has 0 aliphatic carbocycles. The SMILES string of the molecule is c1ccc(-c2cc(-c3ccccc3)cc(-n3c4ccccc4c4nc5ccccc5cc43)c2)cc1. The van der Waals surface area contributed by atoms with E-state index < -0.39 is 0 Å². The molecule has 2 heterocycles. The Morgan fingerprint density at radius 2 is 1.06 bits per heavy atom. The summed E-state index contributed by atoms with van der Waals surface area (Å²) >= 11 is 0. The zero-order chi connectivity index (χ0) is 23.2. The molecule has 0 aliphatic rings. The lowest BCUT2D eigenvalue weighted by molar-refractivity contribution is 1.18. The molecule has 0 unspecified atom stereocenters. The predicted molar refractivity (Wildman–Crippen MR) is 147 cm³/mol. The second-order valence-electron chi connectivity index (χ2n) is 8.90. The van der Waals surface area contributed by atoms with Gasteiger partial charge in [0.05, 0.1) is 22.1 Å². The highest BCUT2D eigenvalue weighted by atomic mass is 15.0. The average Bonchev–Trinajstić information content (AvgIpc) is 3.26. The maximum atomic E-state index is 5.09. The van der Waals surface area contributed by atoms with Gasteiger partial charge in [-0.25, -0.2) is 4.98 Å². The van der Waals surface area contributed by atoms with E-state index in [1.165, 1.54) is 27.6 Å². The third-order valence-corrected chi connectivity index (χ3v) is 6.74. The molecule has 0 saturated heterocycles. The Morgan fingerprint density at radius 3 is 1.77 bits per heavy atom. The maximum absolute atomic E-state index is 5.09. The van der Waals surface area contributed by atoms with Gasteiger partial charge in [0.1, 0.15) is 0 Å². The van der Waals surface area contributed by atoms with Gasteiger partial charge in [0.15, 0.2) is 0 Å². The second-order valence-corrected chi connectivity index (χ2v) is 8.90. The van der Waals surface area contributed by atoms with Crippen LogP contribution in [-0.4, -0.2) is 9.55 Å². The topological polar surface area (TPSA) is 17.8 Å². The first-order chi connectivity index (χ1) is 17.3. The van der Waals surface area contributed by atoms with Gasteiger partial charge in [-0.3, -0.25) is 0 Å². The smallest absolute Gasteiger partial charge is 0.0971 e. The maximum Gasteiger partial charge on any atom is 0.0971 e. The minimum atomic E-state index is 1.02. The van der Waals surface area contributed by atoms with E-state index in [2.05, 4.69) is 138 Å². The molecular weight excluding hydrogens is 424 g/mol. The first kappa shape index (κ1) is 19.7. The lowest BCUT2D eigenvalue weighted by atomic mass is 9.98. The molecule has 2 nitrogen and oxygen atoms in total. The largest absolute Gasteiger partial charge is 0.308 e. The second kappa shape index (κ2) is 7.96. The average molecular weight is 447 g/mol. The molecule has 0 aliphatic heterocycles. The van der Waals surface area contributed by atoms with Crippen LogP contribution in [0.4, 0.5) is 0 Å². The van der Waals surface area contributed by atoms with Crippen molar-refractivity contribution in [2.45, 2.75) is 0 Å². The number of hydrogen-bond donors (Lipinski definition) is 0. The van der Waals surface area contributed by atoms with Gasteiger partial charge >= 0.3 is 0 Å².